The zero-order valence-electron chi connectivity index (χ0n) is 14.5. The maximum Gasteiger partial charge on any atom is 0.262 e. The van der Waals surface area contributed by atoms with Gasteiger partial charge < -0.3 is 19.9 Å². The first-order valence-corrected chi connectivity index (χ1v) is 9.18. The van der Waals surface area contributed by atoms with Crippen LogP contribution in [0.3, 0.4) is 0 Å². The highest BCUT2D eigenvalue weighted by Crippen LogP contribution is 2.30. The van der Waals surface area contributed by atoms with Gasteiger partial charge in [-0.25, -0.2) is 0 Å². The van der Waals surface area contributed by atoms with Crippen molar-refractivity contribution >= 4 is 40.5 Å². The Labute approximate surface area is 163 Å². The molecule has 0 radical (unpaired) electrons. The summed E-state index contributed by atoms with van der Waals surface area (Å²) in [6.07, 6.45) is 0. The second kappa shape index (κ2) is 8.62. The van der Waals surface area contributed by atoms with E-state index in [-0.39, 0.29) is 12.5 Å². The number of piperazine rings is 1. The summed E-state index contributed by atoms with van der Waals surface area (Å²) < 4.78 is 5.50. The first kappa shape index (κ1) is 18.8. The van der Waals surface area contributed by atoms with E-state index >= 15 is 0 Å². The summed E-state index contributed by atoms with van der Waals surface area (Å²) in [7, 11) is 2.11. The Morgan fingerprint density at radius 2 is 1.81 bits per heavy atom. The number of amides is 1. The number of anilines is 2. The second-order valence-corrected chi connectivity index (χ2v) is 7.12. The smallest absolute Gasteiger partial charge is 0.262 e. The third kappa shape index (κ3) is 5.04. The van der Waals surface area contributed by atoms with E-state index in [1.54, 1.807) is 30.3 Å². The van der Waals surface area contributed by atoms with Crippen LogP contribution in [0.15, 0.2) is 42.5 Å². The van der Waals surface area contributed by atoms with Crippen molar-refractivity contribution in [3.05, 3.63) is 52.5 Å². The number of likely N-dealkylation sites (N-methyl/N-ethyl adjacent to an activating group) is 1. The van der Waals surface area contributed by atoms with Gasteiger partial charge in [0.05, 0.1) is 11.4 Å². The van der Waals surface area contributed by atoms with Crippen molar-refractivity contribution in [1.82, 2.24) is 4.90 Å². The number of rotatable bonds is 5. The van der Waals surface area contributed by atoms with Crippen molar-refractivity contribution in [1.29, 1.82) is 0 Å². The number of nitrogens with one attached hydrogen (secondary N) is 1. The van der Waals surface area contributed by atoms with Crippen LogP contribution in [0.4, 0.5) is 11.4 Å². The standard InChI is InChI=1S/C19H21Cl2N3O2/c1-23-7-9-24(10-8-23)18-6-5-15(21)12-17(18)22-19(25)13-26-16-4-2-3-14(20)11-16/h2-6,11-12H,7-10,13H2,1H3,(H,22,25). The molecular formula is C19H21Cl2N3O2. The van der Waals surface area contributed by atoms with E-state index in [1.165, 1.54) is 0 Å². The molecule has 0 unspecified atom stereocenters. The Kier molecular flexibility index (Phi) is 6.25. The van der Waals surface area contributed by atoms with Gasteiger partial charge in [0.2, 0.25) is 0 Å². The van der Waals surface area contributed by atoms with Gasteiger partial charge in [0.1, 0.15) is 5.75 Å². The van der Waals surface area contributed by atoms with Crippen molar-refractivity contribution in [3.63, 3.8) is 0 Å². The van der Waals surface area contributed by atoms with Crippen LogP contribution in [0.2, 0.25) is 10.0 Å². The number of hydrogen-bond acceptors (Lipinski definition) is 4. The fourth-order valence-corrected chi connectivity index (χ4v) is 3.18. The van der Waals surface area contributed by atoms with Crippen LogP contribution >= 0.6 is 23.2 Å². The van der Waals surface area contributed by atoms with Crippen LogP contribution in [-0.4, -0.2) is 50.6 Å². The van der Waals surface area contributed by atoms with Gasteiger partial charge in [-0.15, -0.1) is 0 Å². The predicted octanol–water partition coefficient (Wildman–Crippen LogP) is 3.76. The summed E-state index contributed by atoms with van der Waals surface area (Å²) in [5.74, 6) is 0.306. The molecule has 0 spiro atoms. The van der Waals surface area contributed by atoms with E-state index in [0.717, 1.165) is 31.9 Å². The molecule has 2 aromatic rings. The van der Waals surface area contributed by atoms with Gasteiger partial charge in [0.15, 0.2) is 6.61 Å². The molecule has 7 heteroatoms. The zero-order chi connectivity index (χ0) is 18.5. The van der Waals surface area contributed by atoms with E-state index in [4.69, 9.17) is 27.9 Å². The number of carbonyl (C=O) groups excluding carboxylic acids is 1. The van der Waals surface area contributed by atoms with Gasteiger partial charge in [-0.3, -0.25) is 4.79 Å². The number of halogens is 2. The highest BCUT2D eigenvalue weighted by molar-refractivity contribution is 6.31. The first-order valence-electron chi connectivity index (χ1n) is 8.42. The van der Waals surface area contributed by atoms with Gasteiger partial charge >= 0.3 is 0 Å². The molecule has 1 aliphatic heterocycles. The first-order chi connectivity index (χ1) is 12.5. The number of hydrogen-bond donors (Lipinski definition) is 1. The molecule has 3 rings (SSSR count). The Morgan fingerprint density at radius 1 is 1.08 bits per heavy atom. The van der Waals surface area contributed by atoms with Crippen molar-refractivity contribution in [2.75, 3.05) is 50.1 Å². The molecule has 1 heterocycles. The average molecular weight is 394 g/mol. The van der Waals surface area contributed by atoms with Crippen molar-refractivity contribution in [3.8, 4) is 5.75 Å². The van der Waals surface area contributed by atoms with Crippen molar-refractivity contribution in [2.45, 2.75) is 0 Å². The quantitative estimate of drug-likeness (QED) is 0.839. The van der Waals surface area contributed by atoms with E-state index in [1.807, 2.05) is 12.1 Å². The van der Waals surface area contributed by atoms with E-state index in [0.29, 0.717) is 21.5 Å². The molecule has 1 amide bonds. The van der Waals surface area contributed by atoms with Gasteiger partial charge in [0, 0.05) is 36.2 Å². The van der Waals surface area contributed by atoms with Crippen LogP contribution in [0, 0.1) is 0 Å². The molecular weight excluding hydrogens is 373 g/mol. The SMILES string of the molecule is CN1CCN(c2ccc(Cl)cc2NC(=O)COc2cccc(Cl)c2)CC1. The molecule has 1 fully saturated rings. The highest BCUT2D eigenvalue weighted by Gasteiger charge is 2.18. The fraction of sp³-hybridized carbons (Fsp3) is 0.316. The normalized spacial score (nSPS) is 15.0. The van der Waals surface area contributed by atoms with E-state index in [9.17, 15) is 4.79 Å². The second-order valence-electron chi connectivity index (χ2n) is 6.25. The molecule has 26 heavy (non-hydrogen) atoms. The molecule has 138 valence electrons. The van der Waals surface area contributed by atoms with Gasteiger partial charge in [-0.1, -0.05) is 29.3 Å². The molecule has 1 N–H and O–H groups in total. The third-order valence-electron chi connectivity index (χ3n) is 4.24. The Morgan fingerprint density at radius 3 is 2.54 bits per heavy atom. The molecule has 0 saturated carbocycles. The molecule has 0 bridgehead atoms. The minimum Gasteiger partial charge on any atom is -0.484 e. The fourth-order valence-electron chi connectivity index (χ4n) is 2.82. The lowest BCUT2D eigenvalue weighted by atomic mass is 10.2. The number of ether oxygens (including phenoxy) is 1. The van der Waals surface area contributed by atoms with Gasteiger partial charge in [0.25, 0.3) is 5.91 Å². The van der Waals surface area contributed by atoms with Crippen molar-refractivity contribution in [2.24, 2.45) is 0 Å². The number of carbonyl (C=O) groups is 1. The molecule has 0 aliphatic carbocycles. The van der Waals surface area contributed by atoms with E-state index in [2.05, 4.69) is 22.2 Å². The van der Waals surface area contributed by atoms with E-state index < -0.39 is 0 Å². The summed E-state index contributed by atoms with van der Waals surface area (Å²) >= 11 is 12.0. The van der Waals surface area contributed by atoms with Crippen LogP contribution < -0.4 is 15.0 Å². The van der Waals surface area contributed by atoms with Gasteiger partial charge in [-0.2, -0.15) is 0 Å². The van der Waals surface area contributed by atoms with Crippen LogP contribution in [0.25, 0.3) is 0 Å². The monoisotopic (exact) mass is 393 g/mol. The van der Waals surface area contributed by atoms with Crippen LogP contribution in [0.5, 0.6) is 5.75 Å². The lowest BCUT2D eigenvalue weighted by molar-refractivity contribution is -0.118. The minimum atomic E-state index is -0.248. The van der Waals surface area contributed by atoms with Crippen molar-refractivity contribution < 1.29 is 9.53 Å². The molecule has 1 aliphatic rings. The summed E-state index contributed by atoms with van der Waals surface area (Å²) in [4.78, 5) is 16.9. The van der Waals surface area contributed by atoms with Gasteiger partial charge in [-0.05, 0) is 43.4 Å². The summed E-state index contributed by atoms with van der Waals surface area (Å²) in [5.41, 5.74) is 1.67. The molecule has 2 aromatic carbocycles. The number of benzene rings is 2. The Balaban J connectivity index is 1.66. The Hall–Kier alpha value is -1.95. The lowest BCUT2D eigenvalue weighted by Crippen LogP contribution is -2.44. The zero-order valence-corrected chi connectivity index (χ0v) is 16.1. The maximum atomic E-state index is 12.3. The topological polar surface area (TPSA) is 44.8 Å². The number of nitrogens with zero attached hydrogens (tertiary/aromatic N) is 2. The minimum absolute atomic E-state index is 0.102. The third-order valence-corrected chi connectivity index (χ3v) is 4.71. The lowest BCUT2D eigenvalue weighted by Gasteiger charge is -2.35. The average Bonchev–Trinajstić information content (AvgIpc) is 2.61. The molecule has 0 aromatic heterocycles. The molecule has 0 atom stereocenters. The largest absolute Gasteiger partial charge is 0.484 e. The molecule has 1 saturated heterocycles. The summed E-state index contributed by atoms with van der Waals surface area (Å²) in [6, 6.07) is 12.5. The maximum absolute atomic E-state index is 12.3. The van der Waals surface area contributed by atoms with Crippen LogP contribution in [0.1, 0.15) is 0 Å². The molecule has 5 nitrogen and oxygen atoms in total. The Bertz CT molecular complexity index is 777. The summed E-state index contributed by atoms with van der Waals surface area (Å²) in [6.45, 7) is 3.66. The predicted molar refractivity (Wildman–Crippen MR) is 107 cm³/mol. The summed E-state index contributed by atoms with van der Waals surface area (Å²) in [5, 5.41) is 4.05. The van der Waals surface area contributed by atoms with Crippen LogP contribution in [-0.2, 0) is 4.79 Å². The highest BCUT2D eigenvalue weighted by atomic mass is 35.5.